The van der Waals surface area contributed by atoms with E-state index in [0.29, 0.717) is 5.66 Å². The van der Waals surface area contributed by atoms with E-state index in [0.717, 1.165) is 0 Å². The molecule has 5 heteroatoms. The van der Waals surface area contributed by atoms with E-state index in [2.05, 4.69) is 82.4 Å². The van der Waals surface area contributed by atoms with E-state index in [1.165, 1.54) is 0 Å². The summed E-state index contributed by atoms with van der Waals surface area (Å²) in [5.74, 6) is 0. The Morgan fingerprint density at radius 3 is 1.17 bits per heavy atom. The van der Waals surface area contributed by atoms with Crippen LogP contribution in [0.4, 0.5) is 0 Å². The third kappa shape index (κ3) is 1.88. The van der Waals surface area contributed by atoms with Crippen LogP contribution < -0.4 is 0 Å². The molecule has 0 radical (unpaired) electrons. The van der Waals surface area contributed by atoms with Gasteiger partial charge in [0.05, 0.1) is 0 Å². The summed E-state index contributed by atoms with van der Waals surface area (Å²) in [7, 11) is 8.39. The Kier molecular flexibility index (Phi) is 4.23. The third-order valence-electron chi connectivity index (χ3n) is 2.28. The van der Waals surface area contributed by atoms with Gasteiger partial charge in [-0.05, 0) is 0 Å². The van der Waals surface area contributed by atoms with Crippen LogP contribution in [0.3, 0.4) is 0 Å². The standard InChI is InChI=1S/C7H19Br2N2P/c1-7(2)12(8,9,10(3)4)11(5)6/h7H,1-6H3. The van der Waals surface area contributed by atoms with Crippen LogP contribution in [0.5, 0.6) is 0 Å². The van der Waals surface area contributed by atoms with Crippen molar-refractivity contribution >= 4 is 35.3 Å². The van der Waals surface area contributed by atoms with Gasteiger partial charge < -0.3 is 0 Å². The summed E-state index contributed by atoms with van der Waals surface area (Å²) in [5, 5.41) is 0. The van der Waals surface area contributed by atoms with Gasteiger partial charge in [0.15, 0.2) is 0 Å². The number of halogens is 2. The van der Waals surface area contributed by atoms with E-state index in [1.807, 2.05) is 0 Å². The van der Waals surface area contributed by atoms with Crippen LogP contribution in [0.25, 0.3) is 0 Å². The minimum absolute atomic E-state index is 0.543. The van der Waals surface area contributed by atoms with Gasteiger partial charge in [-0.25, -0.2) is 0 Å². The van der Waals surface area contributed by atoms with Crippen LogP contribution in [0.15, 0.2) is 0 Å². The number of hydrogen-bond donors (Lipinski definition) is 0. The predicted molar refractivity (Wildman–Crippen MR) is 67.3 cm³/mol. The van der Waals surface area contributed by atoms with Crippen LogP contribution in [0.2, 0.25) is 0 Å². The van der Waals surface area contributed by atoms with E-state index in [1.54, 1.807) is 0 Å². The average molecular weight is 322 g/mol. The topological polar surface area (TPSA) is 6.48 Å². The van der Waals surface area contributed by atoms with Gasteiger partial charge in [-0.3, -0.25) is 0 Å². The van der Waals surface area contributed by atoms with Gasteiger partial charge in [0.1, 0.15) is 0 Å². The van der Waals surface area contributed by atoms with Crippen molar-refractivity contribution in [1.29, 1.82) is 0 Å². The Hall–Kier alpha value is 1.31. The number of hydrogen-bond acceptors (Lipinski definition) is 2. The Balaban J connectivity index is 5.09. The zero-order valence-corrected chi connectivity index (χ0v) is 12.7. The summed E-state index contributed by atoms with van der Waals surface area (Å²) in [6.45, 7) is 4.45. The van der Waals surface area contributed by atoms with Crippen molar-refractivity contribution < 1.29 is 0 Å². The third-order valence-corrected chi connectivity index (χ3v) is 19.4. The molecule has 0 heterocycles. The van der Waals surface area contributed by atoms with Crippen molar-refractivity contribution in [3.05, 3.63) is 0 Å². The summed E-state index contributed by atoms with van der Waals surface area (Å²) >= 11 is 7.76. The quantitative estimate of drug-likeness (QED) is 0.734. The van der Waals surface area contributed by atoms with E-state index < -0.39 is 4.31 Å². The molecule has 0 saturated heterocycles. The van der Waals surface area contributed by atoms with Crippen LogP contribution in [-0.4, -0.2) is 43.2 Å². The first-order valence-corrected chi connectivity index (χ1v) is 10.2. The fourth-order valence-electron chi connectivity index (χ4n) is 1.28. The molecular formula is C7H19Br2N2P. The zero-order valence-electron chi connectivity index (χ0n) is 8.67. The zero-order chi connectivity index (χ0) is 10.2. The molecule has 0 rings (SSSR count). The molecule has 0 aliphatic heterocycles. The van der Waals surface area contributed by atoms with Crippen molar-refractivity contribution in [2.75, 3.05) is 28.2 Å². The molecule has 12 heavy (non-hydrogen) atoms. The Morgan fingerprint density at radius 1 is 0.917 bits per heavy atom. The maximum absolute atomic E-state index is 3.88. The number of rotatable bonds is 3. The van der Waals surface area contributed by atoms with E-state index >= 15 is 0 Å². The van der Waals surface area contributed by atoms with E-state index in [-0.39, 0.29) is 0 Å². The first-order valence-electron chi connectivity index (χ1n) is 3.94. The van der Waals surface area contributed by atoms with Gasteiger partial charge in [-0.2, -0.15) is 0 Å². The van der Waals surface area contributed by atoms with Gasteiger partial charge in [0, 0.05) is 0 Å². The predicted octanol–water partition coefficient (Wildman–Crippen LogP) is 3.52. The van der Waals surface area contributed by atoms with Crippen LogP contribution in [-0.2, 0) is 0 Å². The molecule has 76 valence electrons. The molecule has 0 aromatic rings. The minimum atomic E-state index is -2.16. The average Bonchev–Trinajstić information content (AvgIpc) is 1.86. The Morgan fingerprint density at radius 2 is 1.17 bits per heavy atom. The first kappa shape index (κ1) is 13.3. The molecule has 0 N–H and O–H groups in total. The maximum atomic E-state index is 3.88. The summed E-state index contributed by atoms with van der Waals surface area (Å²) in [5.41, 5.74) is 0.543. The van der Waals surface area contributed by atoms with Gasteiger partial charge in [-0.1, -0.05) is 0 Å². The first-order chi connectivity index (χ1) is 5.13. The fraction of sp³-hybridized carbons (Fsp3) is 1.00. The molecule has 0 aliphatic carbocycles. The molecule has 0 saturated carbocycles. The van der Waals surface area contributed by atoms with E-state index in [9.17, 15) is 0 Å². The molecule has 0 aromatic heterocycles. The Bertz CT molecular complexity index is 140. The monoisotopic (exact) mass is 320 g/mol. The van der Waals surface area contributed by atoms with Gasteiger partial charge in [-0.15, -0.1) is 0 Å². The second kappa shape index (κ2) is 3.82. The second-order valence-corrected chi connectivity index (χ2v) is 19.3. The summed E-state index contributed by atoms with van der Waals surface area (Å²) in [4.78, 5) is 0. The molecule has 0 aliphatic rings. The molecule has 0 amide bonds. The molecule has 0 unspecified atom stereocenters. The normalized spacial score (nSPS) is 17.1. The van der Waals surface area contributed by atoms with Crippen molar-refractivity contribution in [1.82, 2.24) is 9.34 Å². The molecule has 2 nitrogen and oxygen atoms in total. The molecule has 0 aromatic carbocycles. The van der Waals surface area contributed by atoms with Crippen molar-refractivity contribution in [3.8, 4) is 0 Å². The summed E-state index contributed by atoms with van der Waals surface area (Å²) in [6.07, 6.45) is 0. The SMILES string of the molecule is CC(C)P(Br)(Br)(N(C)C)N(C)C. The number of nitrogens with zero attached hydrogens (tertiary/aromatic N) is 2. The second-order valence-electron chi connectivity index (χ2n) is 3.67. The van der Waals surface area contributed by atoms with Crippen LogP contribution >= 0.6 is 35.3 Å². The summed E-state index contributed by atoms with van der Waals surface area (Å²) in [6, 6.07) is 0. The summed E-state index contributed by atoms with van der Waals surface area (Å²) < 4.78 is 2.33. The molecule has 0 spiro atoms. The van der Waals surface area contributed by atoms with Crippen LogP contribution in [0, 0.1) is 0 Å². The van der Waals surface area contributed by atoms with Crippen molar-refractivity contribution in [2.24, 2.45) is 0 Å². The molecule has 0 atom stereocenters. The van der Waals surface area contributed by atoms with Crippen molar-refractivity contribution in [3.63, 3.8) is 0 Å². The molecule has 0 bridgehead atoms. The fourth-order valence-corrected chi connectivity index (χ4v) is 3.84. The molecule has 0 fully saturated rings. The van der Waals surface area contributed by atoms with E-state index in [4.69, 9.17) is 0 Å². The van der Waals surface area contributed by atoms with Gasteiger partial charge in [0.25, 0.3) is 0 Å². The molecular weight excluding hydrogens is 303 g/mol. The van der Waals surface area contributed by atoms with Crippen molar-refractivity contribution in [2.45, 2.75) is 19.5 Å². The Labute approximate surface area is 92.2 Å². The van der Waals surface area contributed by atoms with Gasteiger partial charge >= 0.3 is 92.3 Å². The van der Waals surface area contributed by atoms with Crippen LogP contribution in [0.1, 0.15) is 13.8 Å². The van der Waals surface area contributed by atoms with Gasteiger partial charge in [0.2, 0.25) is 0 Å².